The highest BCUT2D eigenvalue weighted by Crippen LogP contribution is 2.24. The molecule has 28 heavy (non-hydrogen) atoms. The van der Waals surface area contributed by atoms with Crippen molar-refractivity contribution in [2.45, 2.75) is 20.3 Å². The zero-order valence-electron chi connectivity index (χ0n) is 15.7. The van der Waals surface area contributed by atoms with Crippen molar-refractivity contribution in [3.63, 3.8) is 0 Å². The van der Waals surface area contributed by atoms with E-state index in [2.05, 4.69) is 11.8 Å². The van der Waals surface area contributed by atoms with Crippen LogP contribution in [-0.2, 0) is 0 Å². The topological polar surface area (TPSA) is 9.23 Å². The van der Waals surface area contributed by atoms with Gasteiger partial charge in [-0.3, -0.25) is 0 Å². The van der Waals surface area contributed by atoms with Gasteiger partial charge >= 0.3 is 0 Å². The van der Waals surface area contributed by atoms with Crippen molar-refractivity contribution in [3.05, 3.63) is 88.7 Å². The summed E-state index contributed by atoms with van der Waals surface area (Å²) >= 11 is 0. The van der Waals surface area contributed by atoms with Crippen LogP contribution in [0.5, 0.6) is 5.75 Å². The van der Waals surface area contributed by atoms with Crippen LogP contribution in [-0.4, -0.2) is 6.61 Å². The van der Waals surface area contributed by atoms with Gasteiger partial charge in [-0.25, -0.2) is 13.2 Å². The molecule has 0 aliphatic carbocycles. The molecule has 0 aliphatic rings. The summed E-state index contributed by atoms with van der Waals surface area (Å²) in [4.78, 5) is 0. The molecule has 0 amide bonds. The molecule has 0 aliphatic heterocycles. The first-order chi connectivity index (χ1) is 13.5. The van der Waals surface area contributed by atoms with Crippen molar-refractivity contribution in [1.82, 2.24) is 0 Å². The van der Waals surface area contributed by atoms with Crippen LogP contribution in [0.3, 0.4) is 0 Å². The molecule has 0 saturated heterocycles. The Morgan fingerprint density at radius 1 is 0.750 bits per heavy atom. The molecular formula is C24H19F3O. The number of aryl methyl sites for hydroxylation is 1. The molecule has 3 aromatic carbocycles. The van der Waals surface area contributed by atoms with Crippen molar-refractivity contribution < 1.29 is 17.9 Å². The van der Waals surface area contributed by atoms with Gasteiger partial charge in [-0.05, 0) is 72.5 Å². The number of hydrogen-bond acceptors (Lipinski definition) is 1. The highest BCUT2D eigenvalue weighted by atomic mass is 19.2. The first kappa shape index (κ1) is 19.6. The van der Waals surface area contributed by atoms with Gasteiger partial charge < -0.3 is 4.74 Å². The highest BCUT2D eigenvalue weighted by Gasteiger charge is 2.07. The minimum absolute atomic E-state index is 0.233. The predicted molar refractivity (Wildman–Crippen MR) is 105 cm³/mol. The zero-order chi connectivity index (χ0) is 20.1. The smallest absolute Gasteiger partial charge is 0.159 e. The fourth-order valence-corrected chi connectivity index (χ4v) is 2.69. The van der Waals surface area contributed by atoms with Crippen LogP contribution in [0.15, 0.2) is 54.6 Å². The Balaban J connectivity index is 1.83. The molecule has 0 saturated carbocycles. The second-order valence-corrected chi connectivity index (χ2v) is 6.40. The quantitative estimate of drug-likeness (QED) is 0.485. The second-order valence-electron chi connectivity index (χ2n) is 6.40. The molecule has 0 atom stereocenters. The molecule has 0 unspecified atom stereocenters. The summed E-state index contributed by atoms with van der Waals surface area (Å²) in [5.74, 6) is 4.17. The molecule has 0 heterocycles. The molecule has 1 nitrogen and oxygen atoms in total. The molecule has 0 aromatic heterocycles. The van der Waals surface area contributed by atoms with Gasteiger partial charge in [-0.2, -0.15) is 0 Å². The van der Waals surface area contributed by atoms with Crippen LogP contribution in [0.1, 0.15) is 30.0 Å². The average Bonchev–Trinajstić information content (AvgIpc) is 2.68. The largest absolute Gasteiger partial charge is 0.494 e. The lowest BCUT2D eigenvalue weighted by molar-refractivity contribution is 0.317. The predicted octanol–water partition coefficient (Wildman–Crippen LogP) is 6.27. The van der Waals surface area contributed by atoms with Crippen LogP contribution in [0.25, 0.3) is 11.1 Å². The normalized spacial score (nSPS) is 10.3. The maximum Gasteiger partial charge on any atom is 0.159 e. The molecule has 0 N–H and O–H groups in total. The van der Waals surface area contributed by atoms with Gasteiger partial charge in [-0.15, -0.1) is 0 Å². The van der Waals surface area contributed by atoms with Crippen molar-refractivity contribution in [1.29, 1.82) is 0 Å². The van der Waals surface area contributed by atoms with Gasteiger partial charge in [0.05, 0.1) is 12.2 Å². The van der Waals surface area contributed by atoms with E-state index in [0.717, 1.165) is 35.4 Å². The van der Waals surface area contributed by atoms with Gasteiger partial charge in [0.25, 0.3) is 0 Å². The van der Waals surface area contributed by atoms with Crippen LogP contribution >= 0.6 is 0 Å². The van der Waals surface area contributed by atoms with Crippen molar-refractivity contribution in [2.75, 3.05) is 6.61 Å². The van der Waals surface area contributed by atoms with E-state index in [0.29, 0.717) is 17.7 Å². The van der Waals surface area contributed by atoms with E-state index >= 15 is 0 Å². The minimum atomic E-state index is -0.969. The number of rotatable bonds is 4. The van der Waals surface area contributed by atoms with Crippen LogP contribution < -0.4 is 4.74 Å². The third-order valence-electron chi connectivity index (χ3n) is 4.22. The Hall–Kier alpha value is -3.19. The summed E-state index contributed by atoms with van der Waals surface area (Å²) in [5.41, 5.74) is 2.82. The molecule has 4 heteroatoms. The van der Waals surface area contributed by atoms with Crippen molar-refractivity contribution >= 4 is 0 Å². The van der Waals surface area contributed by atoms with Gasteiger partial charge in [0.1, 0.15) is 11.6 Å². The Morgan fingerprint density at radius 2 is 1.39 bits per heavy atom. The lowest BCUT2D eigenvalue weighted by Gasteiger charge is -2.06. The maximum absolute atomic E-state index is 14.4. The monoisotopic (exact) mass is 380 g/mol. The van der Waals surface area contributed by atoms with E-state index in [-0.39, 0.29) is 5.56 Å². The Labute approximate surface area is 162 Å². The fourth-order valence-electron chi connectivity index (χ4n) is 2.69. The van der Waals surface area contributed by atoms with E-state index in [1.165, 1.54) is 18.2 Å². The van der Waals surface area contributed by atoms with Crippen molar-refractivity contribution in [2.24, 2.45) is 0 Å². The summed E-state index contributed by atoms with van der Waals surface area (Å²) in [6, 6.07) is 13.5. The number of hydrogen-bond donors (Lipinski definition) is 0. The number of benzene rings is 3. The lowest BCUT2D eigenvalue weighted by atomic mass is 10.0. The molecule has 0 radical (unpaired) electrons. The summed E-state index contributed by atoms with van der Waals surface area (Å²) < 4.78 is 46.5. The van der Waals surface area contributed by atoms with E-state index in [1.807, 2.05) is 32.0 Å². The Bertz CT molecular complexity index is 1060. The van der Waals surface area contributed by atoms with Gasteiger partial charge in [0.15, 0.2) is 11.6 Å². The van der Waals surface area contributed by atoms with E-state index in [9.17, 15) is 13.2 Å². The summed E-state index contributed by atoms with van der Waals surface area (Å²) in [6.07, 6.45) is 0.931. The Morgan fingerprint density at radius 3 is 2.04 bits per heavy atom. The molecule has 0 spiro atoms. The summed E-state index contributed by atoms with van der Waals surface area (Å²) in [6.45, 7) is 4.62. The molecule has 0 bridgehead atoms. The molecule has 3 aromatic rings. The Kier molecular flexibility index (Phi) is 6.06. The fraction of sp³-hybridized carbons (Fsp3) is 0.167. The standard InChI is InChI=1S/C24H19F3O/c1-3-12-28-21-10-8-17(16(2)13-21)4-5-18-6-7-19(14-23(18)26)20-9-11-22(25)24(27)15-20/h6-11,13-15H,3,12H2,1-2H3. The van der Waals surface area contributed by atoms with Gasteiger partial charge in [0, 0.05) is 5.56 Å². The maximum atomic E-state index is 14.4. The van der Waals surface area contributed by atoms with E-state index in [1.54, 1.807) is 6.07 Å². The number of halogens is 3. The first-order valence-electron chi connectivity index (χ1n) is 8.98. The van der Waals surface area contributed by atoms with Crippen LogP contribution in [0.2, 0.25) is 0 Å². The zero-order valence-corrected chi connectivity index (χ0v) is 15.7. The van der Waals surface area contributed by atoms with Gasteiger partial charge in [-0.1, -0.05) is 30.9 Å². The van der Waals surface area contributed by atoms with Crippen LogP contribution in [0, 0.1) is 36.2 Å². The van der Waals surface area contributed by atoms with Crippen molar-refractivity contribution in [3.8, 4) is 28.7 Å². The highest BCUT2D eigenvalue weighted by molar-refractivity contribution is 5.65. The molecular weight excluding hydrogens is 361 g/mol. The summed E-state index contributed by atoms with van der Waals surface area (Å²) in [5, 5.41) is 0. The van der Waals surface area contributed by atoms with Crippen LogP contribution in [0.4, 0.5) is 13.2 Å². The van der Waals surface area contributed by atoms with E-state index < -0.39 is 17.5 Å². The van der Waals surface area contributed by atoms with Gasteiger partial charge in [0.2, 0.25) is 0 Å². The third-order valence-corrected chi connectivity index (χ3v) is 4.22. The average molecular weight is 380 g/mol. The molecule has 0 fully saturated rings. The lowest BCUT2D eigenvalue weighted by Crippen LogP contribution is -1.95. The SMILES string of the molecule is CCCOc1ccc(C#Cc2ccc(-c3ccc(F)c(F)c3)cc2F)c(C)c1. The minimum Gasteiger partial charge on any atom is -0.494 e. The molecule has 142 valence electrons. The first-order valence-corrected chi connectivity index (χ1v) is 8.98. The molecule has 3 rings (SSSR count). The number of ether oxygens (including phenoxy) is 1. The second kappa shape index (κ2) is 8.67. The summed E-state index contributed by atoms with van der Waals surface area (Å²) in [7, 11) is 0. The third kappa shape index (κ3) is 4.55. The van der Waals surface area contributed by atoms with E-state index in [4.69, 9.17) is 4.74 Å².